The smallest absolute Gasteiger partial charge is 0.182 e. The zero-order chi connectivity index (χ0) is 13.1. The van der Waals surface area contributed by atoms with E-state index in [2.05, 4.69) is 36.1 Å². The van der Waals surface area contributed by atoms with E-state index in [-0.39, 0.29) is 0 Å². The van der Waals surface area contributed by atoms with Gasteiger partial charge in [0, 0.05) is 35.1 Å². The van der Waals surface area contributed by atoms with Crippen molar-refractivity contribution in [2.24, 2.45) is 0 Å². The molecule has 0 amide bonds. The van der Waals surface area contributed by atoms with Gasteiger partial charge in [-0.1, -0.05) is 13.8 Å². The maximum atomic E-state index is 4.48. The zero-order valence-corrected chi connectivity index (χ0v) is 12.9. The first kappa shape index (κ1) is 13.5. The van der Waals surface area contributed by atoms with Crippen molar-refractivity contribution in [2.75, 3.05) is 12.4 Å². The fourth-order valence-electron chi connectivity index (χ4n) is 1.98. The van der Waals surface area contributed by atoms with Crippen LogP contribution in [0, 0.1) is 6.92 Å². The third kappa shape index (κ3) is 3.09. The maximum Gasteiger partial charge on any atom is 0.182 e. The first-order valence-corrected chi connectivity index (χ1v) is 7.79. The topological polar surface area (TPSA) is 37.8 Å². The third-order valence-electron chi connectivity index (χ3n) is 2.99. The number of anilines is 1. The maximum absolute atomic E-state index is 4.48. The highest BCUT2D eigenvalue weighted by atomic mass is 32.1. The van der Waals surface area contributed by atoms with Gasteiger partial charge in [-0.25, -0.2) is 9.97 Å². The van der Waals surface area contributed by atoms with Gasteiger partial charge in [-0.2, -0.15) is 0 Å². The molecule has 2 atom stereocenters. The van der Waals surface area contributed by atoms with E-state index in [1.54, 1.807) is 11.3 Å². The van der Waals surface area contributed by atoms with Gasteiger partial charge in [-0.3, -0.25) is 0 Å². The molecule has 18 heavy (non-hydrogen) atoms. The average molecular weight is 281 g/mol. The SMILES string of the molecule is CNc1ncc(C(C)CC(C)c2ncc(C)s2)s1. The summed E-state index contributed by atoms with van der Waals surface area (Å²) >= 11 is 3.55. The van der Waals surface area contributed by atoms with Crippen LogP contribution in [0.4, 0.5) is 5.13 Å². The Morgan fingerprint density at radius 2 is 1.94 bits per heavy atom. The molecule has 98 valence electrons. The molecule has 0 aliphatic heterocycles. The molecular weight excluding hydrogens is 262 g/mol. The van der Waals surface area contributed by atoms with Crippen LogP contribution in [0.3, 0.4) is 0 Å². The van der Waals surface area contributed by atoms with Crippen molar-refractivity contribution in [3.05, 3.63) is 27.2 Å². The first-order chi connectivity index (χ1) is 8.60. The molecule has 0 spiro atoms. The Labute approximate surface area is 116 Å². The largest absolute Gasteiger partial charge is 0.365 e. The van der Waals surface area contributed by atoms with Crippen LogP contribution < -0.4 is 5.32 Å². The second-order valence-electron chi connectivity index (χ2n) is 4.66. The monoisotopic (exact) mass is 281 g/mol. The molecule has 5 heteroatoms. The normalized spacial score (nSPS) is 14.4. The molecule has 0 saturated heterocycles. The van der Waals surface area contributed by atoms with Crippen LogP contribution in [-0.2, 0) is 0 Å². The standard InChI is InChI=1S/C13H19N3S2/c1-8(11-7-16-13(14-4)18-11)5-9(2)12-15-6-10(3)17-12/h6-9H,5H2,1-4H3,(H,14,16). The van der Waals surface area contributed by atoms with Crippen LogP contribution in [0.25, 0.3) is 0 Å². The van der Waals surface area contributed by atoms with Crippen LogP contribution in [0.1, 0.15) is 46.9 Å². The highest BCUT2D eigenvalue weighted by molar-refractivity contribution is 7.15. The van der Waals surface area contributed by atoms with Crippen LogP contribution >= 0.6 is 22.7 Å². The minimum Gasteiger partial charge on any atom is -0.365 e. The second-order valence-corrected chi connectivity index (χ2v) is 6.99. The first-order valence-electron chi connectivity index (χ1n) is 6.16. The Balaban J connectivity index is 2.00. The zero-order valence-electron chi connectivity index (χ0n) is 11.2. The summed E-state index contributed by atoms with van der Waals surface area (Å²) in [7, 11) is 1.91. The van der Waals surface area contributed by atoms with E-state index in [0.717, 1.165) is 11.6 Å². The summed E-state index contributed by atoms with van der Waals surface area (Å²) in [5.41, 5.74) is 0. The molecule has 2 heterocycles. The number of aromatic nitrogens is 2. The van der Waals surface area contributed by atoms with E-state index in [4.69, 9.17) is 0 Å². The number of thiazole rings is 2. The lowest BCUT2D eigenvalue weighted by molar-refractivity contribution is 0.596. The average Bonchev–Trinajstić information content (AvgIpc) is 2.97. The van der Waals surface area contributed by atoms with Gasteiger partial charge in [0.1, 0.15) is 0 Å². The quantitative estimate of drug-likeness (QED) is 0.890. The van der Waals surface area contributed by atoms with Gasteiger partial charge in [-0.05, 0) is 19.3 Å². The highest BCUT2D eigenvalue weighted by Crippen LogP contribution is 2.34. The van der Waals surface area contributed by atoms with E-state index in [0.29, 0.717) is 11.8 Å². The van der Waals surface area contributed by atoms with Gasteiger partial charge in [0.25, 0.3) is 0 Å². The Hall–Kier alpha value is -0.940. The Morgan fingerprint density at radius 3 is 2.50 bits per heavy atom. The summed E-state index contributed by atoms with van der Waals surface area (Å²) in [6, 6.07) is 0. The van der Waals surface area contributed by atoms with Gasteiger partial charge < -0.3 is 5.32 Å². The van der Waals surface area contributed by atoms with Crippen LogP contribution in [-0.4, -0.2) is 17.0 Å². The summed E-state index contributed by atoms with van der Waals surface area (Å²) in [5, 5.41) is 5.33. The number of hydrogen-bond acceptors (Lipinski definition) is 5. The molecule has 0 aromatic carbocycles. The summed E-state index contributed by atoms with van der Waals surface area (Å²) in [5.74, 6) is 1.04. The number of nitrogens with zero attached hydrogens (tertiary/aromatic N) is 2. The Bertz CT molecular complexity index is 504. The van der Waals surface area contributed by atoms with Crippen LogP contribution in [0.2, 0.25) is 0 Å². The molecule has 2 unspecified atom stereocenters. The fourth-order valence-corrected chi connectivity index (χ4v) is 3.65. The molecule has 0 saturated carbocycles. The fraction of sp³-hybridized carbons (Fsp3) is 0.538. The van der Waals surface area contributed by atoms with Crippen LogP contribution in [0.5, 0.6) is 0 Å². The van der Waals surface area contributed by atoms with Crippen molar-refractivity contribution in [1.82, 2.24) is 9.97 Å². The second kappa shape index (κ2) is 5.80. The van der Waals surface area contributed by atoms with Crippen molar-refractivity contribution in [1.29, 1.82) is 0 Å². The van der Waals surface area contributed by atoms with Gasteiger partial charge in [0.05, 0.1) is 5.01 Å². The van der Waals surface area contributed by atoms with Crippen molar-refractivity contribution < 1.29 is 0 Å². The lowest BCUT2D eigenvalue weighted by Crippen LogP contribution is -1.99. The molecule has 1 N–H and O–H groups in total. The molecule has 0 aliphatic rings. The number of hydrogen-bond donors (Lipinski definition) is 1. The van der Waals surface area contributed by atoms with E-state index in [1.807, 2.05) is 30.8 Å². The molecule has 2 aromatic heterocycles. The minimum absolute atomic E-state index is 0.513. The molecule has 2 aromatic rings. The summed E-state index contributed by atoms with van der Waals surface area (Å²) in [6.07, 6.45) is 5.08. The van der Waals surface area contributed by atoms with E-state index >= 15 is 0 Å². The van der Waals surface area contributed by atoms with Gasteiger partial charge in [0.2, 0.25) is 0 Å². The predicted octanol–water partition coefficient (Wildman–Crippen LogP) is 4.25. The summed E-state index contributed by atoms with van der Waals surface area (Å²) in [6.45, 7) is 6.64. The molecule has 0 bridgehead atoms. The predicted molar refractivity (Wildman–Crippen MR) is 80.0 cm³/mol. The van der Waals surface area contributed by atoms with Crippen LogP contribution in [0.15, 0.2) is 12.4 Å². The van der Waals surface area contributed by atoms with E-state index < -0.39 is 0 Å². The van der Waals surface area contributed by atoms with Gasteiger partial charge in [0.15, 0.2) is 5.13 Å². The highest BCUT2D eigenvalue weighted by Gasteiger charge is 2.16. The molecule has 2 rings (SSSR count). The number of rotatable bonds is 5. The lowest BCUT2D eigenvalue weighted by atomic mass is 9.97. The Morgan fingerprint density at radius 1 is 1.17 bits per heavy atom. The van der Waals surface area contributed by atoms with Crippen molar-refractivity contribution >= 4 is 27.8 Å². The summed E-state index contributed by atoms with van der Waals surface area (Å²) < 4.78 is 0. The lowest BCUT2D eigenvalue weighted by Gasteiger charge is -2.13. The molecule has 3 nitrogen and oxygen atoms in total. The molecule has 0 radical (unpaired) electrons. The van der Waals surface area contributed by atoms with E-state index in [1.165, 1.54) is 14.8 Å². The van der Waals surface area contributed by atoms with E-state index in [9.17, 15) is 0 Å². The minimum atomic E-state index is 0.513. The third-order valence-corrected chi connectivity index (χ3v) is 5.38. The molecule has 0 fully saturated rings. The number of nitrogens with one attached hydrogen (secondary N) is 1. The Kier molecular flexibility index (Phi) is 4.35. The molecule has 0 aliphatic carbocycles. The van der Waals surface area contributed by atoms with Crippen molar-refractivity contribution in [3.63, 3.8) is 0 Å². The molecular formula is C13H19N3S2. The number of aryl methyl sites for hydroxylation is 1. The van der Waals surface area contributed by atoms with Crippen molar-refractivity contribution in [2.45, 2.75) is 39.0 Å². The van der Waals surface area contributed by atoms with Gasteiger partial charge >= 0.3 is 0 Å². The summed E-state index contributed by atoms with van der Waals surface area (Å²) in [4.78, 5) is 11.5. The van der Waals surface area contributed by atoms with Gasteiger partial charge in [-0.15, -0.1) is 22.7 Å². The van der Waals surface area contributed by atoms with Crippen molar-refractivity contribution in [3.8, 4) is 0 Å².